The summed E-state index contributed by atoms with van der Waals surface area (Å²) in [5.74, 6) is -0.247. The second kappa shape index (κ2) is 12.2. The molecule has 1 atom stereocenters. The van der Waals surface area contributed by atoms with Gasteiger partial charge in [0.25, 0.3) is 0 Å². The Hall–Kier alpha value is -3.30. The van der Waals surface area contributed by atoms with E-state index in [2.05, 4.69) is 36.1 Å². The number of hydrogen-bond donors (Lipinski definition) is 1. The number of fused-ring (bicyclic) bond motifs is 7. The monoisotopic (exact) mass is 615 g/mol. The molecule has 7 rings (SSSR count). The van der Waals surface area contributed by atoms with E-state index in [1.165, 1.54) is 48.1 Å². The number of ether oxygens (including phenoxy) is 1. The maximum Gasteiger partial charge on any atom is 0.337 e. The molecule has 0 radical (unpaired) electrons. The van der Waals surface area contributed by atoms with Crippen LogP contribution in [0.5, 0.6) is 0 Å². The van der Waals surface area contributed by atoms with Crippen LogP contribution in [-0.2, 0) is 22.4 Å². The predicted molar refractivity (Wildman–Crippen MR) is 176 cm³/mol. The molecule has 1 N–H and O–H groups in total. The Balaban J connectivity index is 1.47. The van der Waals surface area contributed by atoms with Gasteiger partial charge in [0, 0.05) is 42.3 Å². The minimum Gasteiger partial charge on any atom is -0.479 e. The molecule has 1 fully saturated rings. The second-order valence-corrected chi connectivity index (χ2v) is 15.1. The maximum absolute atomic E-state index is 12.7. The lowest BCUT2D eigenvalue weighted by molar-refractivity contribution is -0.160. The Morgan fingerprint density at radius 2 is 1.80 bits per heavy atom. The number of anilines is 1. The van der Waals surface area contributed by atoms with Crippen molar-refractivity contribution in [3.05, 3.63) is 63.8 Å². The van der Waals surface area contributed by atoms with Crippen LogP contribution in [-0.4, -0.2) is 49.3 Å². The quantitative estimate of drug-likeness (QED) is 0.251. The number of carboxylic acid groups (broad SMARTS) is 1. The molecule has 1 saturated heterocycles. The lowest BCUT2D eigenvalue weighted by Crippen LogP contribution is -2.41. The highest BCUT2D eigenvalue weighted by Crippen LogP contribution is 2.41. The molecule has 0 aliphatic carbocycles. The lowest BCUT2D eigenvalue weighted by Gasteiger charge is -2.41. The van der Waals surface area contributed by atoms with Crippen LogP contribution in [0.25, 0.3) is 16.3 Å². The summed E-state index contributed by atoms with van der Waals surface area (Å²) in [6, 6.07) is 10.8. The van der Waals surface area contributed by atoms with E-state index in [1.54, 1.807) is 11.3 Å². The van der Waals surface area contributed by atoms with Crippen molar-refractivity contribution in [2.45, 2.75) is 104 Å². The highest BCUT2D eigenvalue weighted by molar-refractivity contribution is 7.15. The van der Waals surface area contributed by atoms with Gasteiger partial charge >= 0.3 is 5.97 Å². The number of hydrogen-bond acceptors (Lipinski definition) is 7. The second-order valence-electron chi connectivity index (χ2n) is 14.0. The summed E-state index contributed by atoms with van der Waals surface area (Å²) >= 11 is 1.66. The number of aromatic nitrogens is 4. The third-order valence-corrected chi connectivity index (χ3v) is 10.3. The summed E-state index contributed by atoms with van der Waals surface area (Å²) in [6.07, 6.45) is 11.1. The summed E-state index contributed by atoms with van der Waals surface area (Å²) in [5.41, 5.74) is 5.09. The van der Waals surface area contributed by atoms with E-state index in [0.717, 1.165) is 55.3 Å². The van der Waals surface area contributed by atoms with Crippen molar-refractivity contribution in [3.63, 3.8) is 0 Å². The van der Waals surface area contributed by atoms with Gasteiger partial charge < -0.3 is 14.7 Å². The number of carbonyl (C=O) groups is 1. The molecule has 4 aromatic rings. The first-order chi connectivity index (χ1) is 21.0. The van der Waals surface area contributed by atoms with E-state index in [-0.39, 0.29) is 5.41 Å². The maximum atomic E-state index is 12.7. The minimum absolute atomic E-state index is 0.270. The largest absolute Gasteiger partial charge is 0.479 e. The van der Waals surface area contributed by atoms with Crippen molar-refractivity contribution in [2.24, 2.45) is 5.41 Å². The number of thiazole rings is 1. The Morgan fingerprint density at radius 3 is 2.52 bits per heavy atom. The number of nitrogens with zero attached hydrogens (tertiary/aromatic N) is 5. The average Bonchev–Trinajstić information content (AvgIpc) is 3.60. The van der Waals surface area contributed by atoms with Crippen LogP contribution in [0.2, 0.25) is 0 Å². The topological polar surface area (TPSA) is 92.8 Å². The van der Waals surface area contributed by atoms with Crippen LogP contribution in [0.4, 0.5) is 5.82 Å². The van der Waals surface area contributed by atoms with Crippen molar-refractivity contribution in [1.29, 1.82) is 0 Å². The zero-order valence-electron chi connectivity index (χ0n) is 26.7. The Kier molecular flexibility index (Phi) is 8.54. The molecule has 6 bridgehead atoms. The normalized spacial score (nSPS) is 18.3. The van der Waals surface area contributed by atoms with Gasteiger partial charge in [0.05, 0.1) is 11.2 Å². The number of piperidine rings is 1. The zero-order chi connectivity index (χ0) is 31.1. The van der Waals surface area contributed by atoms with Crippen LogP contribution >= 0.6 is 11.3 Å². The van der Waals surface area contributed by atoms with Gasteiger partial charge in [-0.2, -0.15) is 9.61 Å². The highest BCUT2D eigenvalue weighted by atomic mass is 32.1. The molecule has 234 valence electrons. The van der Waals surface area contributed by atoms with Gasteiger partial charge in [-0.3, -0.25) is 0 Å². The molecule has 0 amide bonds. The third-order valence-electron chi connectivity index (χ3n) is 9.26. The molecular weight excluding hydrogens is 570 g/mol. The van der Waals surface area contributed by atoms with Crippen molar-refractivity contribution < 1.29 is 14.6 Å². The molecule has 44 heavy (non-hydrogen) atoms. The van der Waals surface area contributed by atoms with Gasteiger partial charge in [0.1, 0.15) is 16.5 Å². The van der Waals surface area contributed by atoms with E-state index in [9.17, 15) is 9.90 Å². The van der Waals surface area contributed by atoms with E-state index in [0.29, 0.717) is 16.9 Å². The summed E-state index contributed by atoms with van der Waals surface area (Å²) < 4.78 is 8.05. The fraction of sp³-hybridized carbons (Fsp3) is 0.543. The first kappa shape index (κ1) is 30.7. The molecule has 0 saturated carbocycles. The Morgan fingerprint density at radius 1 is 1.07 bits per heavy atom. The van der Waals surface area contributed by atoms with Gasteiger partial charge in [0.2, 0.25) is 0 Å². The van der Waals surface area contributed by atoms with Crippen molar-refractivity contribution >= 4 is 28.8 Å². The molecule has 8 nitrogen and oxygen atoms in total. The smallest absolute Gasteiger partial charge is 0.337 e. The van der Waals surface area contributed by atoms with Crippen LogP contribution in [0, 0.1) is 12.3 Å². The van der Waals surface area contributed by atoms with Crippen molar-refractivity contribution in [1.82, 2.24) is 19.6 Å². The fourth-order valence-electron chi connectivity index (χ4n) is 6.82. The van der Waals surface area contributed by atoms with E-state index < -0.39 is 17.7 Å². The van der Waals surface area contributed by atoms with Gasteiger partial charge in [-0.1, -0.05) is 50.5 Å². The molecule has 1 unspecified atom stereocenters. The first-order valence-electron chi connectivity index (χ1n) is 16.1. The predicted octanol–water partition coefficient (Wildman–Crippen LogP) is 7.81. The number of aliphatic carboxylic acids is 1. The van der Waals surface area contributed by atoms with Gasteiger partial charge in [-0.05, 0) is 76.3 Å². The summed E-state index contributed by atoms with van der Waals surface area (Å²) in [6.45, 7) is 11.6. The third kappa shape index (κ3) is 6.54. The highest BCUT2D eigenvalue weighted by Gasteiger charge is 2.37. The molecular formula is C35H45N5O3S. The molecule has 9 heteroatoms. The number of rotatable bonds is 3. The van der Waals surface area contributed by atoms with E-state index in [1.807, 2.05) is 44.5 Å². The molecule has 3 aliphatic heterocycles. The van der Waals surface area contributed by atoms with Crippen LogP contribution < -0.4 is 4.90 Å². The number of carboxylic acids is 1. The minimum atomic E-state index is -1.17. The summed E-state index contributed by atoms with van der Waals surface area (Å²) in [7, 11) is 0. The number of benzene rings is 1. The van der Waals surface area contributed by atoms with E-state index in [4.69, 9.17) is 19.8 Å². The standard InChI is InChI=1S/C35H45N5O3S/c1-23-29(30(33(41)42)43-34(2,3)4)32-39-18-16-35(5,17-19-39)15-11-7-6-8-12-24-13-9-10-14-25(24)20-26-22-36-31(44-26)27-21-28(37-23)40(32)38-27/h9-10,13-14,21-22,30H,6-8,11-12,15-20H2,1-5H3,(H,41,42). The fourth-order valence-corrected chi connectivity index (χ4v) is 7.71. The molecule has 3 aliphatic rings. The summed E-state index contributed by atoms with van der Waals surface area (Å²) in [5, 5.41) is 16.3. The van der Waals surface area contributed by atoms with Gasteiger partial charge in [-0.25, -0.2) is 14.8 Å². The zero-order valence-corrected chi connectivity index (χ0v) is 27.5. The van der Waals surface area contributed by atoms with Crippen LogP contribution in [0.3, 0.4) is 0 Å². The van der Waals surface area contributed by atoms with Gasteiger partial charge in [0.15, 0.2) is 11.8 Å². The van der Waals surface area contributed by atoms with Crippen molar-refractivity contribution in [3.8, 4) is 10.7 Å². The van der Waals surface area contributed by atoms with Gasteiger partial charge in [-0.15, -0.1) is 11.3 Å². The van der Waals surface area contributed by atoms with E-state index >= 15 is 0 Å². The molecule has 1 aromatic carbocycles. The SMILES string of the molecule is Cc1nc2cc3nn2c(c1C(OC(C)(C)C)C(=O)O)N1CCC(C)(CCCCCCc2ccccc2Cc2cnc-3s2)CC1. The summed E-state index contributed by atoms with van der Waals surface area (Å²) in [4.78, 5) is 25.9. The molecule has 3 aromatic heterocycles. The Bertz CT molecular complexity index is 1640. The molecule has 0 spiro atoms. The Labute approximate surface area is 264 Å². The number of aryl methyl sites for hydroxylation is 2. The van der Waals surface area contributed by atoms with Crippen LogP contribution in [0.15, 0.2) is 36.5 Å². The first-order valence-corrected chi connectivity index (χ1v) is 16.9. The van der Waals surface area contributed by atoms with Crippen molar-refractivity contribution in [2.75, 3.05) is 18.0 Å². The lowest BCUT2D eigenvalue weighted by atomic mass is 9.76. The molecule has 6 heterocycles. The average molecular weight is 616 g/mol. The van der Waals surface area contributed by atoms with Crippen LogP contribution in [0.1, 0.15) is 106 Å².